The van der Waals surface area contributed by atoms with E-state index in [1.54, 1.807) is 45.8 Å². The summed E-state index contributed by atoms with van der Waals surface area (Å²) >= 11 is 1.57. The summed E-state index contributed by atoms with van der Waals surface area (Å²) in [6, 6.07) is 13.7. The summed E-state index contributed by atoms with van der Waals surface area (Å²) in [5.74, 6) is -0.195. The maximum Gasteiger partial charge on any atom is 0.437 e. The van der Waals surface area contributed by atoms with Crippen LogP contribution in [0.25, 0.3) is 11.0 Å². The highest BCUT2D eigenvalue weighted by Gasteiger charge is 2.39. The Balaban J connectivity index is 1.49. The van der Waals surface area contributed by atoms with Crippen molar-refractivity contribution in [3.63, 3.8) is 0 Å². The molecule has 10 heteroatoms. The lowest BCUT2D eigenvalue weighted by Crippen LogP contribution is -2.50. The van der Waals surface area contributed by atoms with Crippen molar-refractivity contribution < 1.29 is 18.0 Å². The van der Waals surface area contributed by atoms with E-state index in [0.29, 0.717) is 11.2 Å². The zero-order valence-corrected chi connectivity index (χ0v) is 17.5. The average Bonchev–Trinajstić information content (AvgIpc) is 2.78. The van der Waals surface area contributed by atoms with Crippen LogP contribution in [0.15, 0.2) is 53.4 Å². The van der Waals surface area contributed by atoms with E-state index in [0.717, 1.165) is 4.90 Å². The Morgan fingerprint density at radius 2 is 1.68 bits per heavy atom. The number of rotatable bonds is 3. The molecule has 0 saturated carbocycles. The molecule has 162 valence electrons. The number of anilines is 2. The molecule has 2 heterocycles. The van der Waals surface area contributed by atoms with Crippen molar-refractivity contribution in [3.8, 4) is 0 Å². The van der Waals surface area contributed by atoms with E-state index in [-0.39, 0.29) is 43.5 Å². The third kappa shape index (κ3) is 4.68. The van der Waals surface area contributed by atoms with Crippen molar-refractivity contribution in [2.24, 2.45) is 0 Å². The number of nitrogens with one attached hydrogen (secondary N) is 1. The third-order valence-corrected chi connectivity index (χ3v) is 5.73. The number of nitrogens with zero attached hydrogens (tertiary/aromatic N) is 4. The first-order valence-electron chi connectivity index (χ1n) is 9.64. The summed E-state index contributed by atoms with van der Waals surface area (Å²) in [6.07, 6.45) is -2.67. The molecule has 1 aromatic heterocycles. The van der Waals surface area contributed by atoms with Crippen molar-refractivity contribution in [3.05, 3.63) is 54.2 Å². The van der Waals surface area contributed by atoms with Crippen LogP contribution in [0.2, 0.25) is 0 Å². The van der Waals surface area contributed by atoms with Crippen LogP contribution in [-0.4, -0.2) is 53.3 Å². The lowest BCUT2D eigenvalue weighted by Gasteiger charge is -2.36. The van der Waals surface area contributed by atoms with E-state index in [4.69, 9.17) is 0 Å². The van der Waals surface area contributed by atoms with Gasteiger partial charge >= 0.3 is 12.2 Å². The number of urea groups is 1. The molecule has 2 amide bonds. The number of fused-ring (bicyclic) bond motifs is 1. The largest absolute Gasteiger partial charge is 0.437 e. The van der Waals surface area contributed by atoms with Crippen LogP contribution in [-0.2, 0) is 6.18 Å². The van der Waals surface area contributed by atoms with E-state index >= 15 is 0 Å². The van der Waals surface area contributed by atoms with Gasteiger partial charge in [-0.3, -0.25) is 0 Å². The van der Waals surface area contributed by atoms with Gasteiger partial charge < -0.3 is 15.1 Å². The number of alkyl halides is 3. The molecular formula is C21H20F3N5OS. The maximum absolute atomic E-state index is 13.6. The van der Waals surface area contributed by atoms with Crippen molar-refractivity contribution >= 4 is 40.3 Å². The molecule has 1 fully saturated rings. The second-order valence-corrected chi connectivity index (χ2v) is 7.90. The number of piperazine rings is 1. The first-order chi connectivity index (χ1) is 14.8. The highest BCUT2D eigenvalue weighted by molar-refractivity contribution is 7.98. The van der Waals surface area contributed by atoms with Crippen LogP contribution in [0.5, 0.6) is 0 Å². The Morgan fingerprint density at radius 3 is 2.32 bits per heavy atom. The lowest BCUT2D eigenvalue weighted by molar-refractivity contribution is -0.140. The molecule has 4 rings (SSSR count). The van der Waals surface area contributed by atoms with Gasteiger partial charge in [0.1, 0.15) is 0 Å². The monoisotopic (exact) mass is 447 g/mol. The molecule has 2 aromatic carbocycles. The maximum atomic E-state index is 13.6. The fourth-order valence-electron chi connectivity index (χ4n) is 3.43. The second-order valence-electron chi connectivity index (χ2n) is 7.02. The Morgan fingerprint density at radius 1 is 1.00 bits per heavy atom. The van der Waals surface area contributed by atoms with E-state index in [9.17, 15) is 18.0 Å². The number of aromatic nitrogens is 2. The second kappa shape index (κ2) is 8.62. The van der Waals surface area contributed by atoms with Crippen LogP contribution in [0, 0.1) is 0 Å². The molecule has 31 heavy (non-hydrogen) atoms. The van der Waals surface area contributed by atoms with Crippen LogP contribution in [0.1, 0.15) is 5.69 Å². The normalized spacial score (nSPS) is 14.7. The minimum absolute atomic E-state index is 0.195. The number of carbonyl (C=O) groups excluding carboxylic acids is 1. The molecule has 1 aliphatic heterocycles. The average molecular weight is 447 g/mol. The van der Waals surface area contributed by atoms with Gasteiger partial charge in [-0.1, -0.05) is 18.2 Å². The molecule has 3 aromatic rings. The molecule has 1 saturated heterocycles. The van der Waals surface area contributed by atoms with Gasteiger partial charge in [0, 0.05) is 36.8 Å². The first-order valence-corrected chi connectivity index (χ1v) is 10.9. The fraction of sp³-hybridized carbons (Fsp3) is 0.286. The summed E-state index contributed by atoms with van der Waals surface area (Å²) in [4.78, 5) is 24.8. The number of para-hydroxylation sites is 2. The number of hydrogen-bond donors (Lipinski definition) is 1. The number of hydrogen-bond acceptors (Lipinski definition) is 5. The topological polar surface area (TPSA) is 61.4 Å². The van der Waals surface area contributed by atoms with E-state index < -0.39 is 11.9 Å². The summed E-state index contributed by atoms with van der Waals surface area (Å²) in [7, 11) is 0. The summed E-state index contributed by atoms with van der Waals surface area (Å²) in [6.45, 7) is 1.02. The van der Waals surface area contributed by atoms with Crippen LogP contribution >= 0.6 is 11.8 Å². The van der Waals surface area contributed by atoms with Gasteiger partial charge in [-0.15, -0.1) is 11.8 Å². The zero-order valence-electron chi connectivity index (χ0n) is 16.7. The van der Waals surface area contributed by atoms with Gasteiger partial charge in [0.05, 0.1) is 11.0 Å². The number of halogens is 3. The fourth-order valence-corrected chi connectivity index (χ4v) is 3.89. The molecule has 6 nitrogen and oxygen atoms in total. The highest BCUT2D eigenvalue weighted by atomic mass is 32.2. The molecule has 1 N–H and O–H groups in total. The predicted molar refractivity (Wildman–Crippen MR) is 116 cm³/mol. The standard InChI is InChI=1S/C21H20F3N5OS/c1-31-15-6-4-5-14(13-15)25-20(30)29-11-9-28(10-12-29)19-18(21(22,23)24)26-16-7-2-3-8-17(16)27-19/h2-8,13H,9-12H2,1H3,(H,25,30). The molecule has 0 radical (unpaired) electrons. The predicted octanol–water partition coefficient (Wildman–Crippen LogP) is 4.72. The quantitative estimate of drug-likeness (QED) is 0.589. The van der Waals surface area contributed by atoms with Gasteiger partial charge in [0.15, 0.2) is 11.5 Å². The number of thioether (sulfide) groups is 1. The Hall–Kier alpha value is -3.01. The van der Waals surface area contributed by atoms with E-state index in [2.05, 4.69) is 15.3 Å². The van der Waals surface area contributed by atoms with Gasteiger partial charge in [-0.05, 0) is 36.6 Å². The first kappa shape index (κ1) is 21.2. The Kier molecular flexibility index (Phi) is 5.90. The summed E-state index contributed by atoms with van der Waals surface area (Å²) in [5.41, 5.74) is 0.278. The summed E-state index contributed by atoms with van der Waals surface area (Å²) in [5, 5.41) is 2.85. The number of carbonyl (C=O) groups is 1. The summed E-state index contributed by atoms with van der Waals surface area (Å²) < 4.78 is 40.9. The minimum Gasteiger partial charge on any atom is -0.351 e. The van der Waals surface area contributed by atoms with Crippen LogP contribution in [0.4, 0.5) is 29.5 Å². The van der Waals surface area contributed by atoms with Crippen molar-refractivity contribution in [2.45, 2.75) is 11.1 Å². The van der Waals surface area contributed by atoms with Crippen molar-refractivity contribution in [1.82, 2.24) is 14.9 Å². The number of amides is 2. The SMILES string of the molecule is CSc1cccc(NC(=O)N2CCN(c3nc4ccccc4nc3C(F)(F)F)CC2)c1. The molecule has 1 aliphatic rings. The molecule has 0 atom stereocenters. The smallest absolute Gasteiger partial charge is 0.351 e. The molecule has 0 aliphatic carbocycles. The van der Waals surface area contributed by atoms with Crippen LogP contribution in [0.3, 0.4) is 0 Å². The molecule has 0 bridgehead atoms. The van der Waals surface area contributed by atoms with Crippen LogP contribution < -0.4 is 10.2 Å². The molecule has 0 unspecified atom stereocenters. The third-order valence-electron chi connectivity index (χ3n) is 5.01. The van der Waals surface area contributed by atoms with Gasteiger partial charge in [0.2, 0.25) is 0 Å². The zero-order chi connectivity index (χ0) is 22.0. The van der Waals surface area contributed by atoms with E-state index in [1.807, 2.05) is 24.5 Å². The Bertz CT molecular complexity index is 1100. The Labute approximate surface area is 181 Å². The number of benzene rings is 2. The molecule has 0 spiro atoms. The minimum atomic E-state index is -4.62. The highest BCUT2D eigenvalue weighted by Crippen LogP contribution is 2.35. The van der Waals surface area contributed by atoms with Crippen molar-refractivity contribution in [2.75, 3.05) is 42.7 Å². The lowest BCUT2D eigenvalue weighted by atomic mass is 10.2. The van der Waals surface area contributed by atoms with Crippen molar-refractivity contribution in [1.29, 1.82) is 0 Å². The van der Waals surface area contributed by atoms with Gasteiger partial charge in [0.25, 0.3) is 0 Å². The van der Waals surface area contributed by atoms with Gasteiger partial charge in [-0.25, -0.2) is 14.8 Å². The van der Waals surface area contributed by atoms with Gasteiger partial charge in [-0.2, -0.15) is 13.2 Å². The van der Waals surface area contributed by atoms with E-state index in [1.165, 1.54) is 6.07 Å². The molecular weight excluding hydrogens is 427 g/mol.